The number of likely N-dealkylation sites (tertiary alicyclic amines) is 1. The number of carbonyl (C=O) groups is 1. The molecule has 11 nitrogen and oxygen atoms in total. The predicted octanol–water partition coefficient (Wildman–Crippen LogP) is 6.25. The third-order valence-corrected chi connectivity index (χ3v) is 11.7. The quantitative estimate of drug-likeness (QED) is 0.223. The molecule has 3 aromatic heterocycles. The average molecular weight is 680 g/mol. The van der Waals surface area contributed by atoms with E-state index in [0.717, 1.165) is 34.4 Å². The van der Waals surface area contributed by atoms with Crippen molar-refractivity contribution in [2.24, 2.45) is 0 Å². The third-order valence-electron chi connectivity index (χ3n) is 9.30. The minimum atomic E-state index is -3.51. The number of benzene rings is 2. The number of pyridine rings is 2. The molecule has 5 aromatic rings. The number of carbonyl (C=O) groups excluding carboxylic acids is 1. The van der Waals surface area contributed by atoms with Gasteiger partial charge < -0.3 is 15.4 Å². The monoisotopic (exact) mass is 679 g/mol. The molecule has 1 amide bonds. The molecule has 5 heterocycles. The number of hydrogen-bond acceptors (Lipinski definition) is 8. The number of hydrogen-bond donors (Lipinski definition) is 1. The van der Waals surface area contributed by atoms with E-state index in [4.69, 9.17) is 20.4 Å². The van der Waals surface area contributed by atoms with Gasteiger partial charge in [0.15, 0.2) is 11.5 Å². The van der Waals surface area contributed by atoms with E-state index >= 15 is 0 Å². The first-order valence-corrected chi connectivity index (χ1v) is 18.2. The Labute approximate surface area is 286 Å². The number of ether oxygens (including phenoxy) is 1. The van der Waals surface area contributed by atoms with Crippen LogP contribution < -0.4 is 5.73 Å². The Morgan fingerprint density at radius 2 is 1.61 bits per heavy atom. The summed E-state index contributed by atoms with van der Waals surface area (Å²) in [6.45, 7) is 7.13. The van der Waals surface area contributed by atoms with Crippen LogP contribution in [0.1, 0.15) is 51.5 Å². The van der Waals surface area contributed by atoms with Gasteiger partial charge in [-0.2, -0.15) is 0 Å². The lowest BCUT2D eigenvalue weighted by Gasteiger charge is -2.34. The van der Waals surface area contributed by atoms with Crippen LogP contribution in [0.4, 0.5) is 10.6 Å². The number of amides is 1. The molecule has 1 unspecified atom stereocenters. The Bertz CT molecular complexity index is 2090. The van der Waals surface area contributed by atoms with Gasteiger partial charge in [-0.05, 0) is 87.9 Å². The number of sulfonamides is 1. The Morgan fingerprint density at radius 1 is 0.878 bits per heavy atom. The molecule has 2 N–H and O–H groups in total. The van der Waals surface area contributed by atoms with Crippen LogP contribution in [0, 0.1) is 0 Å². The molecule has 2 saturated heterocycles. The summed E-state index contributed by atoms with van der Waals surface area (Å²) in [5.74, 6) is 1.09. The van der Waals surface area contributed by atoms with Gasteiger partial charge in [0.1, 0.15) is 16.9 Å². The highest BCUT2D eigenvalue weighted by Gasteiger charge is 2.40. The Kier molecular flexibility index (Phi) is 8.62. The van der Waals surface area contributed by atoms with Crippen molar-refractivity contribution in [3.05, 3.63) is 90.6 Å². The number of nitrogen functional groups attached to an aromatic ring is 1. The van der Waals surface area contributed by atoms with Crippen LogP contribution in [0.15, 0.2) is 85.1 Å². The smallest absolute Gasteiger partial charge is 0.410 e. The third kappa shape index (κ3) is 6.62. The number of fused-ring (bicyclic) bond motifs is 1. The highest BCUT2D eigenvalue weighted by molar-refractivity contribution is 7.89. The first-order chi connectivity index (χ1) is 23.5. The van der Waals surface area contributed by atoms with Gasteiger partial charge in [0.2, 0.25) is 10.0 Å². The summed E-state index contributed by atoms with van der Waals surface area (Å²) >= 11 is 0. The van der Waals surface area contributed by atoms with Gasteiger partial charge in [0.05, 0.1) is 16.5 Å². The maximum atomic E-state index is 13.7. The van der Waals surface area contributed by atoms with Crippen LogP contribution in [0.3, 0.4) is 0 Å². The molecule has 0 aliphatic carbocycles. The molecule has 2 aliphatic rings. The maximum Gasteiger partial charge on any atom is 0.410 e. The summed E-state index contributed by atoms with van der Waals surface area (Å²) in [5.41, 5.74) is 11.7. The second kappa shape index (κ2) is 12.9. The fourth-order valence-electron chi connectivity index (χ4n) is 6.76. The molecule has 1 atom stereocenters. The Hall–Kier alpha value is -4.81. The topological polar surface area (TPSA) is 137 Å². The molecule has 0 saturated carbocycles. The molecular weight excluding hydrogens is 639 g/mol. The van der Waals surface area contributed by atoms with E-state index in [2.05, 4.69) is 17.1 Å². The lowest BCUT2D eigenvalue weighted by atomic mass is 9.98. The number of rotatable bonds is 6. The normalized spacial score (nSPS) is 17.9. The molecule has 0 spiro atoms. The van der Waals surface area contributed by atoms with Gasteiger partial charge in [-0.15, -0.1) is 0 Å². The summed E-state index contributed by atoms with van der Waals surface area (Å²) < 4.78 is 36.5. The minimum absolute atomic E-state index is 0.0708. The second-order valence-corrected chi connectivity index (χ2v) is 16.0. The van der Waals surface area contributed by atoms with Crippen LogP contribution in [0.5, 0.6) is 0 Å². The van der Waals surface area contributed by atoms with E-state index in [9.17, 15) is 13.2 Å². The van der Waals surface area contributed by atoms with Crippen molar-refractivity contribution in [2.45, 2.75) is 56.8 Å². The van der Waals surface area contributed by atoms with Gasteiger partial charge in [0.25, 0.3) is 0 Å². The zero-order valence-electron chi connectivity index (χ0n) is 28.0. The van der Waals surface area contributed by atoms with Crippen molar-refractivity contribution in [3.63, 3.8) is 0 Å². The molecule has 2 aromatic carbocycles. The average Bonchev–Trinajstić information content (AvgIpc) is 3.74. The van der Waals surface area contributed by atoms with E-state index < -0.39 is 20.9 Å². The van der Waals surface area contributed by atoms with Crippen molar-refractivity contribution in [1.82, 2.24) is 28.7 Å². The molecule has 49 heavy (non-hydrogen) atoms. The molecule has 2 aliphatic heterocycles. The van der Waals surface area contributed by atoms with Crippen molar-refractivity contribution in [3.8, 4) is 28.3 Å². The van der Waals surface area contributed by atoms with Crippen molar-refractivity contribution in [1.29, 1.82) is 0 Å². The van der Waals surface area contributed by atoms with E-state index in [0.29, 0.717) is 61.9 Å². The van der Waals surface area contributed by atoms with Gasteiger partial charge in [-0.3, -0.25) is 4.57 Å². The maximum absolute atomic E-state index is 13.7. The van der Waals surface area contributed by atoms with Crippen molar-refractivity contribution < 1.29 is 17.9 Å². The van der Waals surface area contributed by atoms with E-state index in [1.165, 1.54) is 0 Å². The van der Waals surface area contributed by atoms with E-state index in [-0.39, 0.29) is 12.0 Å². The first-order valence-electron chi connectivity index (χ1n) is 16.7. The minimum Gasteiger partial charge on any atom is -0.444 e. The van der Waals surface area contributed by atoms with Gasteiger partial charge in [-0.1, -0.05) is 42.5 Å². The van der Waals surface area contributed by atoms with Crippen LogP contribution in [0.25, 0.3) is 39.5 Å². The zero-order chi connectivity index (χ0) is 34.3. The molecule has 0 radical (unpaired) electrons. The highest BCUT2D eigenvalue weighted by atomic mass is 32.2. The molecule has 0 bridgehead atoms. The van der Waals surface area contributed by atoms with Crippen LogP contribution >= 0.6 is 0 Å². The van der Waals surface area contributed by atoms with Crippen molar-refractivity contribution in [2.75, 3.05) is 31.9 Å². The number of nitrogens with zero attached hydrogens (tertiary/aromatic N) is 6. The lowest BCUT2D eigenvalue weighted by Crippen LogP contribution is -2.47. The molecule has 254 valence electrons. The Morgan fingerprint density at radius 3 is 2.31 bits per heavy atom. The van der Waals surface area contributed by atoms with Crippen LogP contribution in [-0.2, 0) is 14.8 Å². The molecule has 12 heteroatoms. The number of imidazole rings is 1. The molecular formula is C37H41N7O4S. The zero-order valence-corrected chi connectivity index (χ0v) is 28.8. The number of aromatic nitrogens is 4. The summed E-state index contributed by atoms with van der Waals surface area (Å²) in [6.07, 6.45) is 2.81. The standard InChI is InChI=1S/C37H41N7O4S/c1-37(2,3)48-36(45)42-21-18-29(19-22-42)49(46,47)43-23-17-27(24-43)25-11-13-28(14-12-25)44-34(30-10-7-20-39-33(30)38)41-32-16-15-31(40-35(32)44)26-8-5-4-6-9-26/h4-16,20,27,29H,17-19,21-24H2,1-3H3,(H2,38,39). The van der Waals surface area contributed by atoms with E-state index in [1.807, 2.05) is 92.1 Å². The van der Waals surface area contributed by atoms with Gasteiger partial charge in [-0.25, -0.2) is 32.5 Å². The lowest BCUT2D eigenvalue weighted by molar-refractivity contribution is 0.0216. The van der Waals surface area contributed by atoms with Crippen LogP contribution in [0.2, 0.25) is 0 Å². The van der Waals surface area contributed by atoms with Crippen LogP contribution in [-0.4, -0.2) is 80.3 Å². The van der Waals surface area contributed by atoms with Gasteiger partial charge in [0, 0.05) is 43.6 Å². The van der Waals surface area contributed by atoms with E-state index in [1.54, 1.807) is 15.4 Å². The molecule has 7 rings (SSSR count). The first kappa shape index (κ1) is 32.7. The summed E-state index contributed by atoms with van der Waals surface area (Å²) in [4.78, 5) is 28.4. The Balaban J connectivity index is 1.12. The second-order valence-electron chi connectivity index (χ2n) is 13.8. The summed E-state index contributed by atoms with van der Waals surface area (Å²) in [5, 5.41) is -0.506. The highest BCUT2D eigenvalue weighted by Crippen LogP contribution is 2.35. The fourth-order valence-corrected chi connectivity index (χ4v) is 8.74. The summed E-state index contributed by atoms with van der Waals surface area (Å²) in [7, 11) is -3.51. The number of nitrogens with two attached hydrogens (primary N) is 1. The SMILES string of the molecule is CC(C)(C)OC(=O)N1CCC(S(=O)(=O)N2CCC(c3ccc(-n4c(-c5cccnc5N)nc5ccc(-c6ccccc6)nc54)cc3)C2)CC1. The largest absolute Gasteiger partial charge is 0.444 e. The molecule has 2 fully saturated rings. The van der Waals surface area contributed by atoms with Crippen molar-refractivity contribution >= 4 is 33.1 Å². The number of anilines is 1. The predicted molar refractivity (Wildman–Crippen MR) is 191 cm³/mol. The number of piperidine rings is 1. The fraction of sp³-hybridized carbons (Fsp3) is 0.351. The van der Waals surface area contributed by atoms with Gasteiger partial charge >= 0.3 is 6.09 Å². The summed E-state index contributed by atoms with van der Waals surface area (Å²) in [6, 6.07) is 25.9.